The molecule has 0 fully saturated rings. The second kappa shape index (κ2) is 20.5. The molecular formula is C21H42KN2O6S+. The number of carbonyl (C=O) groups excluding carboxylic acids is 2. The zero-order valence-corrected chi connectivity index (χ0v) is 23.5. The number of quaternary nitrogens is 1. The average molecular weight is 490 g/mol. The number of nitrogens with one attached hydrogen (secondary N) is 1. The Balaban J connectivity index is -0.000000225. The minimum Gasteiger partial charge on any atom is -0.748 e. The molecule has 0 aromatic heterocycles. The van der Waals surface area contributed by atoms with E-state index in [1.807, 2.05) is 0 Å². The van der Waals surface area contributed by atoms with Crippen LogP contribution in [0.3, 0.4) is 0 Å². The number of nitrogens with zero attached hydrogens (tertiary/aromatic N) is 1. The number of unbranched alkanes of at least 4 members (excludes halogenated alkanes) is 1. The van der Waals surface area contributed by atoms with Crippen LogP contribution in [0.15, 0.2) is 24.3 Å². The predicted octanol–water partition coefficient (Wildman–Crippen LogP) is -0.374. The van der Waals surface area contributed by atoms with E-state index in [1.165, 1.54) is 26.3 Å². The quantitative estimate of drug-likeness (QED) is 0.0943. The summed E-state index contributed by atoms with van der Waals surface area (Å²) in [7, 11) is 0.286. The van der Waals surface area contributed by atoms with Crippen LogP contribution in [-0.2, 0) is 24.4 Å². The number of carbonyl (C=O) groups is 2. The number of hydrogen-bond acceptors (Lipinski definition) is 6. The minimum absolute atomic E-state index is 0. The SMILES string of the molecule is C.C=C(C)C(=O)NCCC[N+](C)(C)CCCC.C=C(C)C(=O)OCCCS(=O)(=O)[O-].[K+]. The first kappa shape index (κ1) is 38.2. The van der Waals surface area contributed by atoms with E-state index in [4.69, 9.17) is 0 Å². The van der Waals surface area contributed by atoms with Crippen LogP contribution in [-0.4, -0.2) is 75.4 Å². The smallest absolute Gasteiger partial charge is 0.748 e. The molecule has 0 saturated heterocycles. The molecule has 0 radical (unpaired) electrons. The normalized spacial score (nSPS) is 10.4. The molecule has 0 atom stereocenters. The number of esters is 1. The van der Waals surface area contributed by atoms with Gasteiger partial charge in [-0.2, -0.15) is 0 Å². The third-order valence-electron chi connectivity index (χ3n) is 3.85. The second-order valence-corrected chi connectivity index (χ2v) is 9.18. The van der Waals surface area contributed by atoms with Crippen molar-refractivity contribution in [1.29, 1.82) is 0 Å². The Morgan fingerprint density at radius 1 is 1.03 bits per heavy atom. The van der Waals surface area contributed by atoms with Gasteiger partial charge >= 0.3 is 57.4 Å². The van der Waals surface area contributed by atoms with Gasteiger partial charge in [-0.1, -0.05) is 33.9 Å². The zero-order valence-electron chi connectivity index (χ0n) is 19.6. The van der Waals surface area contributed by atoms with E-state index in [-0.39, 0.29) is 83.3 Å². The summed E-state index contributed by atoms with van der Waals surface area (Å²) in [6.07, 6.45) is 3.56. The molecule has 0 heterocycles. The number of rotatable bonds is 13. The van der Waals surface area contributed by atoms with Crippen molar-refractivity contribution < 1.29 is 83.2 Å². The molecule has 8 nitrogen and oxygen atoms in total. The summed E-state index contributed by atoms with van der Waals surface area (Å²) in [5.41, 5.74) is 0.824. The molecule has 0 aliphatic rings. The molecule has 0 bridgehead atoms. The van der Waals surface area contributed by atoms with E-state index in [2.05, 4.69) is 44.2 Å². The second-order valence-electron chi connectivity index (χ2n) is 7.66. The summed E-state index contributed by atoms with van der Waals surface area (Å²) in [5, 5.41) is 2.86. The molecule has 0 aliphatic carbocycles. The molecule has 0 unspecified atom stereocenters. The van der Waals surface area contributed by atoms with Gasteiger partial charge in [0.2, 0.25) is 5.91 Å². The van der Waals surface area contributed by atoms with E-state index in [1.54, 1.807) is 6.92 Å². The molecule has 0 aliphatic heterocycles. The van der Waals surface area contributed by atoms with Gasteiger partial charge in [0, 0.05) is 29.9 Å². The van der Waals surface area contributed by atoms with Crippen molar-refractivity contribution >= 4 is 22.0 Å². The largest absolute Gasteiger partial charge is 1.00 e. The molecule has 1 amide bonds. The van der Waals surface area contributed by atoms with Crippen LogP contribution < -0.4 is 56.7 Å². The van der Waals surface area contributed by atoms with Crippen LogP contribution in [0.5, 0.6) is 0 Å². The van der Waals surface area contributed by atoms with Gasteiger partial charge in [-0.25, -0.2) is 13.2 Å². The van der Waals surface area contributed by atoms with Gasteiger partial charge in [-0.15, -0.1) is 0 Å². The van der Waals surface area contributed by atoms with Crippen molar-refractivity contribution in [3.63, 3.8) is 0 Å². The molecule has 1 N–H and O–H groups in total. The van der Waals surface area contributed by atoms with Gasteiger partial charge < -0.3 is 19.1 Å². The monoisotopic (exact) mass is 489 g/mol. The standard InChI is InChI=1S/C13H26N2O.C7H12O5S.CH4.K/c1-6-7-10-15(4,5)11-8-9-14-13(16)12(2)3;1-6(2)7(8)12-4-3-5-13(9,10)11;;/h2,6-11H2,1,3-5H3;1,3-5H2,2H3,(H,9,10,11);1H4;/q;;;+1. The maximum absolute atomic E-state index is 11.2. The first-order valence-corrected chi connectivity index (χ1v) is 11.3. The topological polar surface area (TPSA) is 113 Å². The predicted molar refractivity (Wildman–Crippen MR) is 121 cm³/mol. The van der Waals surface area contributed by atoms with Crippen LogP contribution in [0.1, 0.15) is 53.9 Å². The van der Waals surface area contributed by atoms with Crippen LogP contribution in [0.25, 0.3) is 0 Å². The van der Waals surface area contributed by atoms with Crippen molar-refractivity contribution in [2.75, 3.05) is 46.1 Å². The van der Waals surface area contributed by atoms with Crippen molar-refractivity contribution in [1.82, 2.24) is 5.32 Å². The summed E-state index contributed by atoms with van der Waals surface area (Å²) in [6, 6.07) is 0. The van der Waals surface area contributed by atoms with Gasteiger partial charge in [0.25, 0.3) is 0 Å². The molecule has 0 aromatic rings. The third-order valence-corrected chi connectivity index (χ3v) is 4.64. The first-order chi connectivity index (χ1) is 13.2. The van der Waals surface area contributed by atoms with Crippen LogP contribution in [0.2, 0.25) is 0 Å². The number of hydrogen-bond donors (Lipinski definition) is 1. The van der Waals surface area contributed by atoms with Gasteiger partial charge in [-0.3, -0.25) is 4.79 Å². The van der Waals surface area contributed by atoms with Crippen LogP contribution in [0.4, 0.5) is 0 Å². The Kier molecular flexibility index (Phi) is 25.3. The Bertz CT molecular complexity index is 648. The van der Waals surface area contributed by atoms with E-state index in [0.717, 1.165) is 24.0 Å². The Labute approximate surface area is 232 Å². The number of amides is 1. The molecule has 0 spiro atoms. The maximum atomic E-state index is 11.2. The summed E-state index contributed by atoms with van der Waals surface area (Å²) >= 11 is 0. The first-order valence-electron chi connectivity index (χ1n) is 9.73. The van der Waals surface area contributed by atoms with Gasteiger partial charge in [0.1, 0.15) is 0 Å². The molecular weight excluding hydrogens is 447 g/mol. The zero-order chi connectivity index (χ0) is 23.1. The van der Waals surface area contributed by atoms with Crippen molar-refractivity contribution in [2.24, 2.45) is 0 Å². The molecule has 0 saturated carbocycles. The molecule has 0 aromatic carbocycles. The van der Waals surface area contributed by atoms with Gasteiger partial charge in [0.05, 0.1) is 43.9 Å². The Hall–Kier alpha value is -0.0736. The summed E-state index contributed by atoms with van der Waals surface area (Å²) in [6.45, 7) is 15.4. The summed E-state index contributed by atoms with van der Waals surface area (Å²) in [5.74, 6) is -1.13. The van der Waals surface area contributed by atoms with Gasteiger partial charge in [-0.05, 0) is 26.7 Å². The van der Waals surface area contributed by atoms with Crippen LogP contribution in [0, 0.1) is 0 Å². The fraction of sp³-hybridized carbons (Fsp3) is 0.714. The van der Waals surface area contributed by atoms with E-state index in [9.17, 15) is 22.6 Å². The fourth-order valence-corrected chi connectivity index (χ4v) is 2.55. The van der Waals surface area contributed by atoms with E-state index < -0.39 is 21.8 Å². The van der Waals surface area contributed by atoms with E-state index in [0.29, 0.717) is 5.57 Å². The van der Waals surface area contributed by atoms with Crippen molar-refractivity contribution in [2.45, 2.75) is 53.9 Å². The van der Waals surface area contributed by atoms with Crippen molar-refractivity contribution in [3.05, 3.63) is 24.3 Å². The average Bonchev–Trinajstić information content (AvgIpc) is 2.59. The minimum atomic E-state index is -4.21. The molecule has 31 heavy (non-hydrogen) atoms. The maximum Gasteiger partial charge on any atom is 1.00 e. The molecule has 178 valence electrons. The fourth-order valence-electron chi connectivity index (χ4n) is 2.08. The summed E-state index contributed by atoms with van der Waals surface area (Å²) in [4.78, 5) is 21.9. The Morgan fingerprint density at radius 2 is 1.55 bits per heavy atom. The summed E-state index contributed by atoms with van der Waals surface area (Å²) < 4.78 is 35.9. The molecule has 10 heteroatoms. The van der Waals surface area contributed by atoms with Gasteiger partial charge in [0.15, 0.2) is 0 Å². The van der Waals surface area contributed by atoms with Crippen molar-refractivity contribution in [3.8, 4) is 0 Å². The Morgan fingerprint density at radius 3 is 1.97 bits per heavy atom. The number of ether oxygens (including phenoxy) is 1. The third kappa shape index (κ3) is 27.9. The van der Waals surface area contributed by atoms with Crippen LogP contribution >= 0.6 is 0 Å². The van der Waals surface area contributed by atoms with E-state index >= 15 is 0 Å². The molecule has 0 rings (SSSR count).